The molecule has 0 aromatic carbocycles. The van der Waals surface area contributed by atoms with Gasteiger partial charge >= 0.3 is 12.2 Å². The van der Waals surface area contributed by atoms with E-state index in [1.54, 1.807) is 0 Å². The van der Waals surface area contributed by atoms with Gasteiger partial charge in [-0.1, -0.05) is 6.92 Å². The van der Waals surface area contributed by atoms with Crippen molar-refractivity contribution in [2.45, 2.75) is 18.0 Å². The Hall–Kier alpha value is -3.22. The number of amides is 2. The van der Waals surface area contributed by atoms with E-state index in [9.17, 15) is 26.4 Å². The molecule has 1 N–H and O–H groups in total. The summed E-state index contributed by atoms with van der Waals surface area (Å²) in [5.74, 6) is -0.230. The van der Waals surface area contributed by atoms with E-state index >= 15 is 0 Å². The van der Waals surface area contributed by atoms with Crippen LogP contribution in [0.1, 0.15) is 12.5 Å². The number of nitrogens with one attached hydrogen (secondary N) is 1. The lowest BCUT2D eigenvalue weighted by molar-refractivity contribution is -0.137. The molecule has 2 amide bonds. The summed E-state index contributed by atoms with van der Waals surface area (Å²) in [5, 5.41) is 2.52. The number of carbonyl (C=O) groups excluding carboxylic acids is 1. The first-order valence-corrected chi connectivity index (χ1v) is 10.6. The number of anilines is 1. The van der Waals surface area contributed by atoms with Crippen molar-refractivity contribution in [2.24, 2.45) is 7.05 Å². The number of carbonyl (C=O) groups is 1. The number of aryl methyl sites for hydroxylation is 1. The van der Waals surface area contributed by atoms with Gasteiger partial charge in [0.25, 0.3) is 0 Å². The van der Waals surface area contributed by atoms with Gasteiger partial charge < -0.3 is 14.8 Å². The van der Waals surface area contributed by atoms with E-state index in [0.29, 0.717) is 6.20 Å². The molecule has 0 aliphatic heterocycles. The second kappa shape index (κ2) is 7.80. The maximum Gasteiger partial charge on any atom is 0.417 e. The van der Waals surface area contributed by atoms with Gasteiger partial charge in [0.1, 0.15) is 11.2 Å². The first kappa shape index (κ1) is 22.5. The van der Waals surface area contributed by atoms with Gasteiger partial charge in [0, 0.05) is 27.3 Å². The number of imidazole rings is 1. The molecule has 3 rings (SSSR count). The number of nitrogens with zero attached hydrogens (tertiary/aromatic N) is 5. The highest BCUT2D eigenvalue weighted by Gasteiger charge is 2.32. The van der Waals surface area contributed by atoms with Crippen LogP contribution >= 0.6 is 0 Å². The highest BCUT2D eigenvalue weighted by Crippen LogP contribution is 2.33. The Kier molecular flexibility index (Phi) is 5.65. The van der Waals surface area contributed by atoms with E-state index in [0.717, 1.165) is 6.07 Å². The van der Waals surface area contributed by atoms with Gasteiger partial charge in [-0.2, -0.15) is 13.2 Å². The highest BCUT2D eigenvalue weighted by molar-refractivity contribution is 7.91. The van der Waals surface area contributed by atoms with Crippen LogP contribution in [0.5, 0.6) is 0 Å². The average molecular weight is 456 g/mol. The smallest absolute Gasteiger partial charge is 0.331 e. The molecule has 3 heterocycles. The average Bonchev–Trinajstić information content (AvgIpc) is 3.03. The molecule has 0 aliphatic rings. The van der Waals surface area contributed by atoms with E-state index in [1.807, 2.05) is 0 Å². The highest BCUT2D eigenvalue weighted by atomic mass is 32.2. The van der Waals surface area contributed by atoms with Crippen LogP contribution in [0.25, 0.3) is 22.7 Å². The fraction of sp³-hybridized carbons (Fsp3) is 0.333. The summed E-state index contributed by atoms with van der Waals surface area (Å²) in [6.07, 6.45) is -2.66. The molecule has 0 spiro atoms. The van der Waals surface area contributed by atoms with Crippen molar-refractivity contribution >= 4 is 32.7 Å². The Morgan fingerprint density at radius 1 is 1.19 bits per heavy atom. The minimum Gasteiger partial charge on any atom is -0.331 e. The molecular formula is C18H19F3N6O3S. The third kappa shape index (κ3) is 4.31. The Bertz CT molecular complexity index is 1270. The Morgan fingerprint density at radius 3 is 2.45 bits per heavy atom. The van der Waals surface area contributed by atoms with Crippen LogP contribution in [-0.2, 0) is 23.1 Å². The van der Waals surface area contributed by atoms with Crippen LogP contribution < -0.4 is 5.32 Å². The molecule has 0 aliphatic carbocycles. The summed E-state index contributed by atoms with van der Waals surface area (Å²) in [6.45, 7) is 1.44. The molecular weight excluding hydrogens is 437 g/mol. The molecule has 0 atom stereocenters. The predicted molar refractivity (Wildman–Crippen MR) is 107 cm³/mol. The molecule has 13 heteroatoms. The van der Waals surface area contributed by atoms with Gasteiger partial charge in [-0.15, -0.1) is 0 Å². The van der Waals surface area contributed by atoms with Gasteiger partial charge in [0.15, 0.2) is 21.3 Å². The molecule has 3 aromatic heterocycles. The topological polar surface area (TPSA) is 110 Å². The van der Waals surface area contributed by atoms with E-state index in [1.165, 1.54) is 49.8 Å². The van der Waals surface area contributed by atoms with Crippen molar-refractivity contribution in [1.82, 2.24) is 24.4 Å². The maximum atomic E-state index is 13.0. The molecule has 0 bridgehead atoms. The monoisotopic (exact) mass is 456 g/mol. The Balaban J connectivity index is 2.20. The number of aromatic nitrogens is 4. The first-order chi connectivity index (χ1) is 14.3. The molecule has 0 saturated carbocycles. The van der Waals surface area contributed by atoms with Gasteiger partial charge in [-0.25, -0.2) is 28.2 Å². The van der Waals surface area contributed by atoms with Gasteiger partial charge in [0.2, 0.25) is 0 Å². The summed E-state index contributed by atoms with van der Waals surface area (Å²) in [7, 11) is 0.707. The summed E-state index contributed by atoms with van der Waals surface area (Å²) >= 11 is 0. The number of fused-ring (bicyclic) bond motifs is 1. The maximum absolute atomic E-state index is 13.0. The van der Waals surface area contributed by atoms with E-state index < -0.39 is 27.6 Å². The van der Waals surface area contributed by atoms with E-state index in [2.05, 4.69) is 20.3 Å². The lowest BCUT2D eigenvalue weighted by Crippen LogP contribution is -2.27. The third-order valence-corrected chi connectivity index (χ3v) is 6.21. The fourth-order valence-corrected chi connectivity index (χ4v) is 3.81. The summed E-state index contributed by atoms with van der Waals surface area (Å²) in [4.78, 5) is 25.1. The van der Waals surface area contributed by atoms with E-state index in [4.69, 9.17) is 0 Å². The van der Waals surface area contributed by atoms with Crippen LogP contribution in [0.2, 0.25) is 0 Å². The molecule has 0 radical (unpaired) electrons. The summed E-state index contributed by atoms with van der Waals surface area (Å²) in [5.41, 5.74) is -0.807. The minimum atomic E-state index is -4.60. The zero-order chi connectivity index (χ0) is 23.1. The number of sulfone groups is 1. The van der Waals surface area contributed by atoms with Gasteiger partial charge in [-0.3, -0.25) is 0 Å². The van der Waals surface area contributed by atoms with Crippen LogP contribution in [0, 0.1) is 0 Å². The second-order valence-electron chi connectivity index (χ2n) is 6.86. The minimum absolute atomic E-state index is 0.0272. The molecule has 31 heavy (non-hydrogen) atoms. The SMILES string of the molecule is CCS(=O)(=O)c1cc(NC(=O)N(C)C)cnc1-c1nc2cc(C(F)(F)F)cnc2n1C. The summed E-state index contributed by atoms with van der Waals surface area (Å²) in [6, 6.07) is 1.60. The van der Waals surface area contributed by atoms with Crippen molar-refractivity contribution in [3.05, 3.63) is 30.1 Å². The molecule has 0 unspecified atom stereocenters. The number of alkyl halides is 3. The van der Waals surface area contributed by atoms with Crippen LogP contribution in [-0.4, -0.2) is 58.7 Å². The number of hydrogen-bond acceptors (Lipinski definition) is 6. The lowest BCUT2D eigenvalue weighted by atomic mass is 10.2. The molecule has 9 nitrogen and oxygen atoms in total. The zero-order valence-corrected chi connectivity index (χ0v) is 17.8. The second-order valence-corrected chi connectivity index (χ2v) is 9.10. The first-order valence-electron chi connectivity index (χ1n) is 8.96. The number of rotatable bonds is 4. The number of hydrogen-bond donors (Lipinski definition) is 1. The van der Waals surface area contributed by atoms with Gasteiger partial charge in [0.05, 0.1) is 28.1 Å². The fourth-order valence-electron chi connectivity index (χ4n) is 2.75. The van der Waals surface area contributed by atoms with E-state index in [-0.39, 0.29) is 39.0 Å². The molecule has 0 fully saturated rings. The Labute approximate surface area is 175 Å². The van der Waals surface area contributed by atoms with Crippen molar-refractivity contribution in [3.63, 3.8) is 0 Å². The predicted octanol–water partition coefficient (Wildman–Crippen LogP) is 2.94. The van der Waals surface area contributed by atoms with Crippen LogP contribution in [0.4, 0.5) is 23.7 Å². The number of pyridine rings is 2. The standard InChI is InChI=1S/C18H19F3N6O3S/c1-5-31(29,30)13-7-11(24-17(28)26(2)3)9-22-14(13)16-25-12-6-10(18(19,20)21)8-23-15(12)27(16)4/h6-9H,5H2,1-4H3,(H,24,28). The molecule has 166 valence electrons. The lowest BCUT2D eigenvalue weighted by Gasteiger charge is -2.14. The van der Waals surface area contributed by atoms with Crippen LogP contribution in [0.15, 0.2) is 29.4 Å². The van der Waals surface area contributed by atoms with Crippen molar-refractivity contribution < 1.29 is 26.4 Å². The summed E-state index contributed by atoms with van der Waals surface area (Å²) < 4.78 is 65.8. The van der Waals surface area contributed by atoms with Crippen molar-refractivity contribution in [3.8, 4) is 11.5 Å². The van der Waals surface area contributed by atoms with Crippen LogP contribution in [0.3, 0.4) is 0 Å². The van der Waals surface area contributed by atoms with Crippen molar-refractivity contribution in [2.75, 3.05) is 25.2 Å². The molecule has 3 aromatic rings. The number of halogens is 3. The molecule has 0 saturated heterocycles. The largest absolute Gasteiger partial charge is 0.417 e. The normalized spacial score (nSPS) is 12.2. The number of urea groups is 1. The zero-order valence-electron chi connectivity index (χ0n) is 17.0. The Morgan fingerprint density at radius 2 is 1.87 bits per heavy atom. The van der Waals surface area contributed by atoms with Crippen molar-refractivity contribution in [1.29, 1.82) is 0 Å². The third-order valence-electron chi connectivity index (χ3n) is 4.47. The quantitative estimate of drug-likeness (QED) is 0.646. The van der Waals surface area contributed by atoms with Gasteiger partial charge in [-0.05, 0) is 12.1 Å².